The predicted molar refractivity (Wildman–Crippen MR) is 102 cm³/mol. The summed E-state index contributed by atoms with van der Waals surface area (Å²) in [5, 5.41) is 3.99. The van der Waals surface area contributed by atoms with Gasteiger partial charge in [-0.2, -0.15) is 5.10 Å². The molecule has 3 rings (SSSR count). The van der Waals surface area contributed by atoms with E-state index in [-0.39, 0.29) is 11.6 Å². The second kappa shape index (κ2) is 6.60. The molecule has 1 heterocycles. The first-order chi connectivity index (χ1) is 11.5. The van der Waals surface area contributed by atoms with Crippen molar-refractivity contribution in [1.82, 2.24) is 14.6 Å². The molecular formula is C17H15IN4O2. The fourth-order valence-electron chi connectivity index (χ4n) is 2.46. The Morgan fingerprint density at radius 2 is 1.88 bits per heavy atom. The molecule has 0 radical (unpaired) electrons. The molecule has 2 aromatic carbocycles. The lowest BCUT2D eigenvalue weighted by Crippen LogP contribution is -2.19. The Hall–Kier alpha value is -2.42. The third-order valence-corrected chi connectivity index (χ3v) is 4.43. The highest BCUT2D eigenvalue weighted by Gasteiger charge is 2.07. The fourth-order valence-corrected chi connectivity index (χ4v) is 3.01. The number of carbonyl (C=O) groups excluding carboxylic acids is 1. The molecule has 3 aromatic rings. The van der Waals surface area contributed by atoms with Gasteiger partial charge in [0, 0.05) is 23.2 Å². The standard InChI is InChI=1S/C17H15IN4O2/c1-21-14-7-6-11(8-15(14)22(2)17(21)24)10-19-20-16(23)12-4-3-5-13(18)9-12/h3-10H,1-2H3,(H,20,23). The summed E-state index contributed by atoms with van der Waals surface area (Å²) < 4.78 is 4.16. The number of halogens is 1. The minimum atomic E-state index is -0.266. The third-order valence-electron chi connectivity index (χ3n) is 3.76. The van der Waals surface area contributed by atoms with Crippen LogP contribution in [0.25, 0.3) is 11.0 Å². The van der Waals surface area contributed by atoms with Crippen molar-refractivity contribution >= 4 is 45.7 Å². The minimum absolute atomic E-state index is 0.0777. The summed E-state index contributed by atoms with van der Waals surface area (Å²) in [5.41, 5.74) is 5.45. The average Bonchev–Trinajstić information content (AvgIpc) is 2.79. The van der Waals surface area contributed by atoms with Gasteiger partial charge in [0.25, 0.3) is 5.91 Å². The second-order valence-corrected chi connectivity index (χ2v) is 6.60. The number of nitrogens with zero attached hydrogens (tertiary/aromatic N) is 3. The van der Waals surface area contributed by atoms with Crippen LogP contribution < -0.4 is 11.1 Å². The SMILES string of the molecule is Cn1c(=O)n(C)c2cc(C=NNC(=O)c3cccc(I)c3)ccc21. The number of amides is 1. The normalized spacial score (nSPS) is 11.3. The van der Waals surface area contributed by atoms with Gasteiger partial charge >= 0.3 is 5.69 Å². The van der Waals surface area contributed by atoms with Gasteiger partial charge in [0.1, 0.15) is 0 Å². The molecule has 0 aliphatic heterocycles. The van der Waals surface area contributed by atoms with Gasteiger partial charge in [-0.05, 0) is 58.5 Å². The molecule has 7 heteroatoms. The van der Waals surface area contributed by atoms with Gasteiger partial charge in [0.2, 0.25) is 0 Å². The van der Waals surface area contributed by atoms with E-state index in [4.69, 9.17) is 0 Å². The first kappa shape index (κ1) is 16.4. The number of hydrogen-bond donors (Lipinski definition) is 1. The molecule has 0 saturated heterocycles. The van der Waals surface area contributed by atoms with Crippen molar-refractivity contribution in [3.05, 3.63) is 67.6 Å². The molecule has 0 unspecified atom stereocenters. The first-order valence-electron chi connectivity index (χ1n) is 7.22. The van der Waals surface area contributed by atoms with Crippen LogP contribution in [0, 0.1) is 3.57 Å². The number of aromatic nitrogens is 2. The summed E-state index contributed by atoms with van der Waals surface area (Å²) in [6, 6.07) is 12.8. The van der Waals surface area contributed by atoms with Crippen molar-refractivity contribution in [3.63, 3.8) is 0 Å². The third kappa shape index (κ3) is 3.12. The lowest BCUT2D eigenvalue weighted by Gasteiger charge is -2.01. The Morgan fingerprint density at radius 1 is 1.12 bits per heavy atom. The van der Waals surface area contributed by atoms with E-state index in [1.165, 1.54) is 0 Å². The zero-order valence-electron chi connectivity index (χ0n) is 13.2. The van der Waals surface area contributed by atoms with Crippen LogP contribution in [0.5, 0.6) is 0 Å². The van der Waals surface area contributed by atoms with Crippen molar-refractivity contribution in [3.8, 4) is 0 Å². The Bertz CT molecular complexity index is 1020. The van der Waals surface area contributed by atoms with Crippen molar-refractivity contribution in [2.45, 2.75) is 0 Å². The molecule has 0 bridgehead atoms. The summed E-state index contributed by atoms with van der Waals surface area (Å²) in [6.45, 7) is 0. The number of imidazole rings is 1. The van der Waals surface area contributed by atoms with E-state index in [0.717, 1.165) is 20.2 Å². The molecule has 0 saturated carbocycles. The molecule has 0 aliphatic rings. The molecule has 0 fully saturated rings. The van der Waals surface area contributed by atoms with Crippen molar-refractivity contribution in [2.75, 3.05) is 0 Å². The molecule has 24 heavy (non-hydrogen) atoms. The average molecular weight is 434 g/mol. The van der Waals surface area contributed by atoms with Crippen LogP contribution in [-0.4, -0.2) is 21.3 Å². The monoisotopic (exact) mass is 434 g/mol. The van der Waals surface area contributed by atoms with E-state index in [1.54, 1.807) is 41.6 Å². The molecule has 6 nitrogen and oxygen atoms in total. The van der Waals surface area contributed by atoms with Gasteiger partial charge in [0.05, 0.1) is 17.2 Å². The molecule has 0 spiro atoms. The van der Waals surface area contributed by atoms with E-state index in [9.17, 15) is 9.59 Å². The van der Waals surface area contributed by atoms with E-state index in [0.29, 0.717) is 5.56 Å². The number of hydrogen-bond acceptors (Lipinski definition) is 3. The molecular weight excluding hydrogens is 419 g/mol. The zero-order chi connectivity index (χ0) is 17.3. The quantitative estimate of drug-likeness (QED) is 0.391. The number of carbonyl (C=O) groups is 1. The molecule has 0 atom stereocenters. The van der Waals surface area contributed by atoms with E-state index in [2.05, 4.69) is 33.1 Å². The van der Waals surface area contributed by atoms with Gasteiger partial charge in [-0.25, -0.2) is 10.2 Å². The van der Waals surface area contributed by atoms with Gasteiger partial charge in [-0.1, -0.05) is 12.1 Å². The molecule has 0 aliphatic carbocycles. The van der Waals surface area contributed by atoms with Crippen molar-refractivity contribution < 1.29 is 4.79 Å². The fraction of sp³-hybridized carbons (Fsp3) is 0.118. The summed E-state index contributed by atoms with van der Waals surface area (Å²) in [6.07, 6.45) is 1.56. The van der Waals surface area contributed by atoms with Gasteiger partial charge in [0.15, 0.2) is 0 Å². The minimum Gasteiger partial charge on any atom is -0.295 e. The molecule has 1 N–H and O–H groups in total. The van der Waals surface area contributed by atoms with Crippen LogP contribution in [0.4, 0.5) is 0 Å². The van der Waals surface area contributed by atoms with Gasteiger partial charge in [-0.15, -0.1) is 0 Å². The zero-order valence-corrected chi connectivity index (χ0v) is 15.3. The van der Waals surface area contributed by atoms with Crippen LogP contribution in [0.3, 0.4) is 0 Å². The number of nitrogens with one attached hydrogen (secondary N) is 1. The van der Waals surface area contributed by atoms with Gasteiger partial charge in [-0.3, -0.25) is 13.9 Å². The second-order valence-electron chi connectivity index (χ2n) is 5.36. The van der Waals surface area contributed by atoms with Crippen LogP contribution >= 0.6 is 22.6 Å². The Morgan fingerprint density at radius 3 is 2.62 bits per heavy atom. The largest absolute Gasteiger partial charge is 0.328 e. The van der Waals surface area contributed by atoms with Crippen LogP contribution in [-0.2, 0) is 14.1 Å². The Kier molecular flexibility index (Phi) is 4.52. The van der Waals surface area contributed by atoms with Gasteiger partial charge < -0.3 is 0 Å². The highest BCUT2D eigenvalue weighted by molar-refractivity contribution is 14.1. The van der Waals surface area contributed by atoms with E-state index >= 15 is 0 Å². The van der Waals surface area contributed by atoms with Crippen molar-refractivity contribution in [2.24, 2.45) is 19.2 Å². The summed E-state index contributed by atoms with van der Waals surface area (Å²) >= 11 is 2.15. The van der Waals surface area contributed by atoms with E-state index in [1.807, 2.05) is 30.3 Å². The Labute approximate surface area is 151 Å². The lowest BCUT2D eigenvalue weighted by atomic mass is 10.2. The lowest BCUT2D eigenvalue weighted by molar-refractivity contribution is 0.0955. The maximum absolute atomic E-state index is 12.0. The highest BCUT2D eigenvalue weighted by Crippen LogP contribution is 2.13. The maximum Gasteiger partial charge on any atom is 0.328 e. The van der Waals surface area contributed by atoms with Crippen LogP contribution in [0.1, 0.15) is 15.9 Å². The number of fused-ring (bicyclic) bond motifs is 1. The Balaban J connectivity index is 1.80. The smallest absolute Gasteiger partial charge is 0.295 e. The summed E-state index contributed by atoms with van der Waals surface area (Å²) in [7, 11) is 3.46. The van der Waals surface area contributed by atoms with Crippen LogP contribution in [0.15, 0.2) is 52.4 Å². The summed E-state index contributed by atoms with van der Waals surface area (Å²) in [4.78, 5) is 23.9. The summed E-state index contributed by atoms with van der Waals surface area (Å²) in [5.74, 6) is -0.266. The number of hydrazone groups is 1. The highest BCUT2D eigenvalue weighted by atomic mass is 127. The van der Waals surface area contributed by atoms with Crippen molar-refractivity contribution in [1.29, 1.82) is 0 Å². The molecule has 1 amide bonds. The predicted octanol–water partition coefficient (Wildman–Crippen LogP) is 2.25. The molecule has 122 valence electrons. The number of rotatable bonds is 3. The number of aryl methyl sites for hydroxylation is 2. The number of benzene rings is 2. The first-order valence-corrected chi connectivity index (χ1v) is 8.29. The van der Waals surface area contributed by atoms with E-state index < -0.39 is 0 Å². The maximum atomic E-state index is 12.0. The van der Waals surface area contributed by atoms with Crippen LogP contribution in [0.2, 0.25) is 0 Å². The molecule has 1 aromatic heterocycles. The topological polar surface area (TPSA) is 68.4 Å².